The van der Waals surface area contributed by atoms with Crippen LogP contribution < -0.4 is 4.74 Å². The van der Waals surface area contributed by atoms with E-state index >= 15 is 0 Å². The first-order chi connectivity index (χ1) is 7.52. The molecule has 0 saturated heterocycles. The van der Waals surface area contributed by atoms with Crippen molar-refractivity contribution < 1.29 is 19.4 Å². The van der Waals surface area contributed by atoms with Crippen LogP contribution >= 0.6 is 0 Å². The number of carboxylic acids is 1. The van der Waals surface area contributed by atoms with Gasteiger partial charge in [-0.3, -0.25) is 0 Å². The fourth-order valence-electron chi connectivity index (χ4n) is 1.03. The molecule has 0 amide bonds. The predicted molar refractivity (Wildman–Crippen MR) is 59.6 cm³/mol. The Morgan fingerprint density at radius 3 is 2.44 bits per heavy atom. The first-order valence-electron chi connectivity index (χ1n) is 5.07. The van der Waals surface area contributed by atoms with Gasteiger partial charge in [-0.05, 0) is 26.0 Å². The maximum atomic E-state index is 10.7. The highest BCUT2D eigenvalue weighted by atomic mass is 16.6. The van der Waals surface area contributed by atoms with Crippen molar-refractivity contribution in [3.8, 4) is 5.75 Å². The van der Waals surface area contributed by atoms with Crippen molar-refractivity contribution >= 4 is 5.97 Å². The molecule has 0 bridgehead atoms. The highest BCUT2D eigenvalue weighted by Crippen LogP contribution is 2.10. The molecule has 0 aromatic heterocycles. The fraction of sp³-hybridized carbons (Fsp3) is 0.417. The lowest BCUT2D eigenvalue weighted by Gasteiger charge is -2.19. The summed E-state index contributed by atoms with van der Waals surface area (Å²) in [7, 11) is 0. The maximum absolute atomic E-state index is 10.7. The van der Waals surface area contributed by atoms with Crippen LogP contribution in [0.1, 0.15) is 13.8 Å². The Bertz CT molecular complexity index is 332. The summed E-state index contributed by atoms with van der Waals surface area (Å²) in [5.74, 6) is -0.230. The van der Waals surface area contributed by atoms with Gasteiger partial charge in [0.05, 0.1) is 6.61 Å². The molecule has 0 unspecified atom stereocenters. The van der Waals surface area contributed by atoms with Crippen molar-refractivity contribution in [3.63, 3.8) is 0 Å². The van der Waals surface area contributed by atoms with Crippen molar-refractivity contribution in [2.45, 2.75) is 19.4 Å². The Labute approximate surface area is 94.8 Å². The second-order valence-corrected chi connectivity index (χ2v) is 3.83. The molecule has 1 aromatic rings. The average Bonchev–Trinajstić information content (AvgIpc) is 2.26. The number of carbonyl (C=O) groups is 1. The molecule has 0 atom stereocenters. The smallest absolute Gasteiger partial charge is 0.335 e. The lowest BCUT2D eigenvalue weighted by molar-refractivity contribution is -0.161. The van der Waals surface area contributed by atoms with Crippen LogP contribution in [0.2, 0.25) is 0 Å². The molecule has 0 heterocycles. The van der Waals surface area contributed by atoms with Gasteiger partial charge in [-0.1, -0.05) is 18.2 Å². The van der Waals surface area contributed by atoms with Crippen molar-refractivity contribution in [1.29, 1.82) is 0 Å². The number of benzene rings is 1. The van der Waals surface area contributed by atoms with Crippen LogP contribution in [0, 0.1) is 0 Å². The third kappa shape index (κ3) is 3.90. The number of hydrogen-bond acceptors (Lipinski definition) is 3. The topological polar surface area (TPSA) is 55.8 Å². The van der Waals surface area contributed by atoms with E-state index in [0.29, 0.717) is 6.61 Å². The summed E-state index contributed by atoms with van der Waals surface area (Å²) < 4.78 is 10.6. The van der Waals surface area contributed by atoms with Crippen LogP contribution in [0.15, 0.2) is 30.3 Å². The van der Waals surface area contributed by atoms with Gasteiger partial charge in [-0.2, -0.15) is 0 Å². The van der Waals surface area contributed by atoms with E-state index in [1.165, 1.54) is 13.8 Å². The second kappa shape index (κ2) is 5.51. The lowest BCUT2D eigenvalue weighted by Crippen LogP contribution is -2.36. The maximum Gasteiger partial charge on any atom is 0.335 e. The highest BCUT2D eigenvalue weighted by Gasteiger charge is 2.27. The zero-order chi connectivity index (χ0) is 12.0. The minimum Gasteiger partial charge on any atom is -0.491 e. The summed E-state index contributed by atoms with van der Waals surface area (Å²) in [6, 6.07) is 9.32. The first-order valence-corrected chi connectivity index (χ1v) is 5.07. The number of hydrogen-bond donors (Lipinski definition) is 1. The van der Waals surface area contributed by atoms with E-state index in [1.807, 2.05) is 30.3 Å². The van der Waals surface area contributed by atoms with Crippen LogP contribution in [0.3, 0.4) is 0 Å². The van der Waals surface area contributed by atoms with Gasteiger partial charge >= 0.3 is 5.97 Å². The van der Waals surface area contributed by atoms with E-state index in [4.69, 9.17) is 14.6 Å². The molecule has 16 heavy (non-hydrogen) atoms. The Balaban J connectivity index is 2.25. The molecule has 0 aliphatic rings. The zero-order valence-corrected chi connectivity index (χ0v) is 9.47. The Hall–Kier alpha value is -1.55. The van der Waals surface area contributed by atoms with Crippen LogP contribution in [0.25, 0.3) is 0 Å². The molecule has 4 heteroatoms. The number of para-hydroxylation sites is 1. The van der Waals surface area contributed by atoms with Crippen LogP contribution in [0.5, 0.6) is 5.75 Å². The van der Waals surface area contributed by atoms with Gasteiger partial charge in [0.15, 0.2) is 5.60 Å². The number of carboxylic acid groups (broad SMARTS) is 1. The number of rotatable bonds is 6. The SMILES string of the molecule is CC(C)(OCCOc1ccccc1)C(=O)O. The third-order valence-corrected chi connectivity index (χ3v) is 2.07. The lowest BCUT2D eigenvalue weighted by atomic mass is 10.1. The van der Waals surface area contributed by atoms with Gasteiger partial charge in [-0.15, -0.1) is 0 Å². The summed E-state index contributed by atoms with van der Waals surface area (Å²) in [5.41, 5.74) is -1.17. The Morgan fingerprint density at radius 2 is 1.88 bits per heavy atom. The molecule has 88 valence electrons. The summed E-state index contributed by atoms with van der Waals surface area (Å²) in [4.78, 5) is 10.7. The minimum absolute atomic E-state index is 0.244. The van der Waals surface area contributed by atoms with Crippen molar-refractivity contribution in [2.75, 3.05) is 13.2 Å². The van der Waals surface area contributed by atoms with Gasteiger partial charge < -0.3 is 14.6 Å². The molecule has 4 nitrogen and oxygen atoms in total. The van der Waals surface area contributed by atoms with Crippen molar-refractivity contribution in [3.05, 3.63) is 30.3 Å². The minimum atomic E-state index is -1.17. The van der Waals surface area contributed by atoms with Gasteiger partial charge in [-0.25, -0.2) is 4.79 Å². The Morgan fingerprint density at radius 1 is 1.25 bits per heavy atom. The van der Waals surface area contributed by atoms with E-state index in [0.717, 1.165) is 5.75 Å². The molecule has 0 aliphatic heterocycles. The summed E-state index contributed by atoms with van der Waals surface area (Å²) in [6.07, 6.45) is 0. The third-order valence-electron chi connectivity index (χ3n) is 2.07. The zero-order valence-electron chi connectivity index (χ0n) is 9.47. The van der Waals surface area contributed by atoms with Crippen LogP contribution in [-0.2, 0) is 9.53 Å². The quantitative estimate of drug-likeness (QED) is 0.750. The van der Waals surface area contributed by atoms with Gasteiger partial charge in [0.1, 0.15) is 12.4 Å². The molecule has 1 aromatic carbocycles. The van der Waals surface area contributed by atoms with Crippen molar-refractivity contribution in [1.82, 2.24) is 0 Å². The molecular weight excluding hydrogens is 208 g/mol. The molecule has 0 aliphatic carbocycles. The van der Waals surface area contributed by atoms with E-state index in [-0.39, 0.29) is 6.61 Å². The largest absolute Gasteiger partial charge is 0.491 e. The first kappa shape index (κ1) is 12.5. The fourth-order valence-corrected chi connectivity index (χ4v) is 1.03. The molecule has 0 spiro atoms. The predicted octanol–water partition coefficient (Wildman–Crippen LogP) is 1.95. The van der Waals surface area contributed by atoms with Crippen LogP contribution in [-0.4, -0.2) is 29.9 Å². The molecule has 0 fully saturated rings. The van der Waals surface area contributed by atoms with Gasteiger partial charge in [0, 0.05) is 0 Å². The normalized spacial score (nSPS) is 11.1. The van der Waals surface area contributed by atoms with Crippen molar-refractivity contribution in [2.24, 2.45) is 0 Å². The van der Waals surface area contributed by atoms with Gasteiger partial charge in [0.25, 0.3) is 0 Å². The summed E-state index contributed by atoms with van der Waals surface area (Å²) in [6.45, 7) is 3.60. The molecule has 1 rings (SSSR count). The highest BCUT2D eigenvalue weighted by molar-refractivity contribution is 5.76. The molecule has 1 N–H and O–H groups in total. The average molecular weight is 224 g/mol. The molecule has 0 radical (unpaired) electrons. The summed E-state index contributed by atoms with van der Waals surface area (Å²) in [5, 5.41) is 8.79. The van der Waals surface area contributed by atoms with E-state index in [9.17, 15) is 4.79 Å². The van der Waals surface area contributed by atoms with Gasteiger partial charge in [0.2, 0.25) is 0 Å². The standard InChI is InChI=1S/C12H16O4/c1-12(2,11(13)14)16-9-8-15-10-6-4-3-5-7-10/h3-7H,8-9H2,1-2H3,(H,13,14). The van der Waals surface area contributed by atoms with E-state index in [1.54, 1.807) is 0 Å². The summed E-state index contributed by atoms with van der Waals surface area (Å²) >= 11 is 0. The Kier molecular flexibility index (Phi) is 4.31. The van der Waals surface area contributed by atoms with Crippen LogP contribution in [0.4, 0.5) is 0 Å². The van der Waals surface area contributed by atoms with E-state index < -0.39 is 11.6 Å². The molecule has 0 saturated carbocycles. The number of aliphatic carboxylic acids is 1. The number of ether oxygens (including phenoxy) is 2. The monoisotopic (exact) mass is 224 g/mol. The van der Waals surface area contributed by atoms with E-state index in [2.05, 4.69) is 0 Å². The molecular formula is C12H16O4. The second-order valence-electron chi connectivity index (χ2n) is 3.83.